The van der Waals surface area contributed by atoms with Gasteiger partial charge in [-0.1, -0.05) is 0 Å². The molecular formula is C25H26F2N6O3. The fourth-order valence-corrected chi connectivity index (χ4v) is 5.67. The number of ether oxygens (including phenoxy) is 1. The van der Waals surface area contributed by atoms with Gasteiger partial charge >= 0.3 is 0 Å². The number of nitrogens with zero attached hydrogens (tertiary/aromatic N) is 3. The lowest BCUT2D eigenvalue weighted by atomic mass is 9.86. The van der Waals surface area contributed by atoms with Crippen LogP contribution >= 0.6 is 0 Å². The fraction of sp³-hybridized carbons (Fsp3) is 0.440. The molecule has 0 saturated carbocycles. The molecule has 11 heteroatoms. The highest BCUT2D eigenvalue weighted by atomic mass is 19.1. The molecule has 0 aliphatic carbocycles. The maximum atomic E-state index is 13.5. The zero-order valence-corrected chi connectivity index (χ0v) is 19.5. The van der Waals surface area contributed by atoms with Crippen LogP contribution < -0.4 is 5.32 Å². The fourth-order valence-electron chi connectivity index (χ4n) is 5.67. The SMILES string of the molecule is O=C(Nc1cc([C@@H]2CCCCN2C(=O)C2C[C@H]3CC[C@H]2O3)[nH]n1)c1cc(-c2cc(F)cc(F)c2)n[nH]1. The number of aromatic nitrogens is 4. The number of carbonyl (C=O) groups is 2. The summed E-state index contributed by atoms with van der Waals surface area (Å²) in [7, 11) is 0. The maximum absolute atomic E-state index is 13.5. The van der Waals surface area contributed by atoms with E-state index in [4.69, 9.17) is 4.74 Å². The van der Waals surface area contributed by atoms with Crippen LogP contribution in [0.5, 0.6) is 0 Å². The molecule has 3 fully saturated rings. The first-order valence-corrected chi connectivity index (χ1v) is 12.3. The standard InChI is InChI=1S/C25H26F2N6O3/c26-14-7-13(8-15(27)9-14)18-11-20(31-29-18)24(34)28-23-12-19(30-32-23)21-3-1-2-6-33(21)25(35)17-10-16-4-5-22(17)36-16/h7-9,11-12,16-17,21-22H,1-6,10H2,(H,29,31)(H2,28,30,32,34)/t16-,17?,21+,22-/m1/s1. The van der Waals surface area contributed by atoms with E-state index in [0.717, 1.165) is 62.4 Å². The Balaban J connectivity index is 1.14. The number of piperidine rings is 1. The molecule has 2 bridgehead atoms. The molecule has 3 aromatic rings. The van der Waals surface area contributed by atoms with Gasteiger partial charge in [-0.3, -0.25) is 19.8 Å². The van der Waals surface area contributed by atoms with E-state index in [1.807, 2.05) is 4.90 Å². The van der Waals surface area contributed by atoms with E-state index in [1.54, 1.807) is 6.07 Å². The number of likely N-dealkylation sites (tertiary alicyclic amines) is 1. The number of nitrogens with one attached hydrogen (secondary N) is 3. The number of anilines is 1. The molecule has 6 rings (SSSR count). The molecule has 3 aliphatic heterocycles. The molecule has 3 aliphatic rings. The summed E-state index contributed by atoms with van der Waals surface area (Å²) in [5, 5.41) is 16.5. The molecule has 36 heavy (non-hydrogen) atoms. The lowest BCUT2D eigenvalue weighted by molar-refractivity contribution is -0.141. The quantitative estimate of drug-likeness (QED) is 0.495. The molecule has 4 atom stereocenters. The van der Waals surface area contributed by atoms with Gasteiger partial charge in [0.1, 0.15) is 17.3 Å². The predicted octanol–water partition coefficient (Wildman–Crippen LogP) is 3.95. The third kappa shape index (κ3) is 4.27. The number of amides is 2. The van der Waals surface area contributed by atoms with E-state index >= 15 is 0 Å². The van der Waals surface area contributed by atoms with Crippen LogP contribution in [0.2, 0.25) is 0 Å². The molecule has 5 heterocycles. The largest absolute Gasteiger partial charge is 0.374 e. The summed E-state index contributed by atoms with van der Waals surface area (Å²) in [5.41, 5.74) is 1.34. The highest BCUT2D eigenvalue weighted by Gasteiger charge is 2.47. The van der Waals surface area contributed by atoms with Crippen LogP contribution in [-0.2, 0) is 9.53 Å². The minimum Gasteiger partial charge on any atom is -0.374 e. The third-order valence-corrected chi connectivity index (χ3v) is 7.39. The Bertz CT molecular complexity index is 1290. The van der Waals surface area contributed by atoms with Crippen LogP contribution in [0.4, 0.5) is 14.6 Å². The lowest BCUT2D eigenvalue weighted by Gasteiger charge is -2.37. The Hall–Kier alpha value is -3.60. The minimum absolute atomic E-state index is 0.0323. The van der Waals surface area contributed by atoms with Crippen molar-refractivity contribution < 1.29 is 23.1 Å². The zero-order chi connectivity index (χ0) is 24.8. The Morgan fingerprint density at radius 1 is 1.00 bits per heavy atom. The topological polar surface area (TPSA) is 116 Å². The van der Waals surface area contributed by atoms with Gasteiger partial charge in [-0.2, -0.15) is 10.2 Å². The van der Waals surface area contributed by atoms with E-state index in [2.05, 4.69) is 25.7 Å². The van der Waals surface area contributed by atoms with E-state index in [0.29, 0.717) is 12.4 Å². The van der Waals surface area contributed by atoms with Gasteiger partial charge in [0.15, 0.2) is 5.82 Å². The van der Waals surface area contributed by atoms with Crippen molar-refractivity contribution in [3.63, 3.8) is 0 Å². The Kier molecular flexibility index (Phi) is 5.79. The van der Waals surface area contributed by atoms with Gasteiger partial charge in [-0.15, -0.1) is 0 Å². The van der Waals surface area contributed by atoms with Crippen LogP contribution in [0, 0.1) is 17.6 Å². The van der Waals surface area contributed by atoms with Crippen molar-refractivity contribution in [3.8, 4) is 11.3 Å². The normalized spacial score (nSPS) is 25.3. The van der Waals surface area contributed by atoms with Gasteiger partial charge in [0, 0.05) is 24.2 Å². The minimum atomic E-state index is -0.730. The molecule has 1 unspecified atom stereocenters. The van der Waals surface area contributed by atoms with Crippen molar-refractivity contribution in [1.82, 2.24) is 25.3 Å². The molecule has 9 nitrogen and oxygen atoms in total. The zero-order valence-electron chi connectivity index (χ0n) is 19.5. The summed E-state index contributed by atoms with van der Waals surface area (Å²) in [6.45, 7) is 0.690. The first-order valence-electron chi connectivity index (χ1n) is 12.3. The second-order valence-electron chi connectivity index (χ2n) is 9.75. The average Bonchev–Trinajstić information content (AvgIpc) is 3.68. The number of carbonyl (C=O) groups excluding carboxylic acids is 2. The molecule has 3 N–H and O–H groups in total. The molecule has 2 aromatic heterocycles. The summed E-state index contributed by atoms with van der Waals surface area (Å²) in [6, 6.07) is 6.07. The van der Waals surface area contributed by atoms with Crippen LogP contribution in [0.15, 0.2) is 30.3 Å². The van der Waals surface area contributed by atoms with E-state index in [-0.39, 0.29) is 47.0 Å². The first-order chi connectivity index (χ1) is 17.4. The second-order valence-corrected chi connectivity index (χ2v) is 9.75. The van der Waals surface area contributed by atoms with Crippen molar-refractivity contribution in [2.24, 2.45) is 5.92 Å². The average molecular weight is 497 g/mol. The number of hydrogen-bond acceptors (Lipinski definition) is 5. The molecule has 0 radical (unpaired) electrons. The number of aromatic amines is 2. The van der Waals surface area contributed by atoms with Crippen LogP contribution in [0.25, 0.3) is 11.3 Å². The van der Waals surface area contributed by atoms with Crippen molar-refractivity contribution in [2.45, 2.75) is 56.8 Å². The molecule has 3 saturated heterocycles. The van der Waals surface area contributed by atoms with Crippen molar-refractivity contribution >= 4 is 17.6 Å². The second kappa shape index (κ2) is 9.12. The van der Waals surface area contributed by atoms with Crippen molar-refractivity contribution in [2.75, 3.05) is 11.9 Å². The molecular weight excluding hydrogens is 470 g/mol. The summed E-state index contributed by atoms with van der Waals surface area (Å²) in [4.78, 5) is 28.1. The van der Waals surface area contributed by atoms with Crippen LogP contribution in [0.1, 0.15) is 60.7 Å². The molecule has 188 valence electrons. The summed E-state index contributed by atoms with van der Waals surface area (Å²) in [6.07, 6.45) is 5.80. The van der Waals surface area contributed by atoms with Crippen molar-refractivity contribution in [3.05, 3.63) is 53.4 Å². The van der Waals surface area contributed by atoms with Gasteiger partial charge < -0.3 is 15.0 Å². The predicted molar refractivity (Wildman–Crippen MR) is 125 cm³/mol. The smallest absolute Gasteiger partial charge is 0.274 e. The summed E-state index contributed by atoms with van der Waals surface area (Å²) < 4.78 is 33.0. The van der Waals surface area contributed by atoms with E-state index < -0.39 is 17.5 Å². The van der Waals surface area contributed by atoms with E-state index in [9.17, 15) is 18.4 Å². The monoisotopic (exact) mass is 496 g/mol. The number of fused-ring (bicyclic) bond motifs is 2. The van der Waals surface area contributed by atoms with Gasteiger partial charge in [0.25, 0.3) is 5.91 Å². The van der Waals surface area contributed by atoms with Gasteiger partial charge in [-0.25, -0.2) is 8.78 Å². The Morgan fingerprint density at radius 3 is 2.58 bits per heavy atom. The Labute approximate surface area is 205 Å². The number of halogens is 2. The van der Waals surface area contributed by atoms with E-state index in [1.165, 1.54) is 6.07 Å². The first kappa shape index (κ1) is 22.8. The number of hydrogen-bond donors (Lipinski definition) is 3. The highest BCUT2D eigenvalue weighted by molar-refractivity contribution is 6.03. The molecule has 2 amide bonds. The highest BCUT2D eigenvalue weighted by Crippen LogP contribution is 2.42. The number of benzene rings is 1. The number of H-pyrrole nitrogens is 2. The lowest BCUT2D eigenvalue weighted by Crippen LogP contribution is -2.44. The van der Waals surface area contributed by atoms with Gasteiger partial charge in [-0.05, 0) is 56.7 Å². The Morgan fingerprint density at radius 2 is 1.83 bits per heavy atom. The van der Waals surface area contributed by atoms with Crippen LogP contribution in [0.3, 0.4) is 0 Å². The van der Waals surface area contributed by atoms with Gasteiger partial charge in [0.05, 0.1) is 35.6 Å². The van der Waals surface area contributed by atoms with Crippen molar-refractivity contribution in [1.29, 1.82) is 0 Å². The maximum Gasteiger partial charge on any atom is 0.274 e. The summed E-state index contributed by atoms with van der Waals surface area (Å²) in [5.74, 6) is -1.58. The van der Waals surface area contributed by atoms with Gasteiger partial charge in [0.2, 0.25) is 5.91 Å². The third-order valence-electron chi connectivity index (χ3n) is 7.39. The molecule has 1 aromatic carbocycles. The summed E-state index contributed by atoms with van der Waals surface area (Å²) >= 11 is 0. The molecule has 0 spiro atoms. The number of rotatable bonds is 5. The van der Waals surface area contributed by atoms with Crippen LogP contribution in [-0.4, -0.2) is 55.9 Å².